The van der Waals surface area contributed by atoms with Gasteiger partial charge in [-0.2, -0.15) is 0 Å². The Kier molecular flexibility index (Phi) is 13.0. The third-order valence-electron chi connectivity index (χ3n) is 17.4. The number of carbonyl (C=O) groups excluding carboxylic acids is 3. The summed E-state index contributed by atoms with van der Waals surface area (Å²) in [6.45, 7) is 24.0. The zero-order chi connectivity index (χ0) is 44.4. The number of allylic oxidation sites excluding steroid dienone is 1. The summed E-state index contributed by atoms with van der Waals surface area (Å²) in [4.78, 5) is 57.4. The maximum absolute atomic E-state index is 14.6. The number of hydrogen-bond donors (Lipinski definition) is 1. The Bertz CT molecular complexity index is 1850. The fourth-order valence-electron chi connectivity index (χ4n) is 14.1. The number of esters is 2. The lowest BCUT2D eigenvalue weighted by Gasteiger charge is -2.72. The Labute approximate surface area is 365 Å². The summed E-state index contributed by atoms with van der Waals surface area (Å²) in [7, 11) is 4.15. The maximum atomic E-state index is 14.6. The lowest BCUT2D eigenvalue weighted by molar-refractivity contribution is -0.235. The summed E-state index contributed by atoms with van der Waals surface area (Å²) in [5, 5.41) is 10.4. The zero-order valence-electron chi connectivity index (χ0n) is 38.8. The molecule has 5 aliphatic carbocycles. The van der Waals surface area contributed by atoms with E-state index in [4.69, 9.17) is 21.1 Å². The van der Waals surface area contributed by atoms with E-state index in [0.717, 1.165) is 75.6 Å². The molecular formula is C50H75ClN2O7. The monoisotopic (exact) mass is 851 g/mol. The van der Waals surface area contributed by atoms with Crippen molar-refractivity contribution in [1.82, 2.24) is 9.80 Å². The number of carboxylic acids is 1. The predicted octanol–water partition coefficient (Wildman–Crippen LogP) is 10.0. The van der Waals surface area contributed by atoms with Crippen LogP contribution in [-0.4, -0.2) is 84.5 Å². The van der Waals surface area contributed by atoms with Crippen LogP contribution in [0.4, 0.5) is 0 Å². The lowest BCUT2D eigenvalue weighted by atomic mass is 9.33. The van der Waals surface area contributed by atoms with Crippen LogP contribution < -0.4 is 0 Å². The van der Waals surface area contributed by atoms with Gasteiger partial charge in [-0.05, 0) is 148 Å². The largest absolute Gasteiger partial charge is 0.481 e. The third kappa shape index (κ3) is 8.15. The van der Waals surface area contributed by atoms with Crippen molar-refractivity contribution in [3.8, 4) is 0 Å². The van der Waals surface area contributed by atoms with Gasteiger partial charge in [0.05, 0.1) is 11.8 Å². The first-order valence-electron chi connectivity index (χ1n) is 22.8. The van der Waals surface area contributed by atoms with Crippen molar-refractivity contribution in [1.29, 1.82) is 0 Å². The normalized spacial score (nSPS) is 34.2. The quantitative estimate of drug-likeness (QED) is 0.183. The van der Waals surface area contributed by atoms with Gasteiger partial charge in [-0.15, -0.1) is 0 Å². The number of rotatable bonds is 14. The van der Waals surface area contributed by atoms with E-state index < -0.39 is 28.9 Å². The molecular weight excluding hydrogens is 776 g/mol. The standard InChI is InChI=1S/C50H75ClN2O7/c1-31(2)42-36(55)27-50(40(59-32(3)54)30-53(26-25-52(11)12)29-33-13-15-34(51)16-14-33)24-23-48(9)35(43(42)50)17-18-38-47(8)21-20-39(60-41(56)28-45(4,5)44(57)58)46(6,7)37(47)19-22-49(38,48)10/h13-16,31,35,37-40H,17-30H2,1-12H3,(H,57,58)/t35-,37?,38?,39+,40?,47+,48-,49-,50+/m1/s1. The summed E-state index contributed by atoms with van der Waals surface area (Å²) in [5.74, 6) is -0.457. The highest BCUT2D eigenvalue weighted by Gasteiger charge is 2.71. The first kappa shape index (κ1) is 46.7. The molecule has 1 N–H and O–H groups in total. The molecule has 0 saturated heterocycles. The van der Waals surface area contributed by atoms with Crippen LogP contribution in [0.5, 0.6) is 0 Å². The van der Waals surface area contributed by atoms with Gasteiger partial charge in [0.25, 0.3) is 0 Å². The number of nitrogens with zero attached hydrogens (tertiary/aromatic N) is 2. The molecule has 4 saturated carbocycles. The number of hydrogen-bond acceptors (Lipinski definition) is 8. The molecule has 0 aromatic heterocycles. The Morgan fingerprint density at radius 3 is 2.17 bits per heavy atom. The molecule has 1 aromatic carbocycles. The van der Waals surface area contributed by atoms with Crippen molar-refractivity contribution < 1.29 is 33.8 Å². The molecule has 0 spiro atoms. The Morgan fingerprint density at radius 2 is 1.57 bits per heavy atom. The number of aliphatic carboxylic acids is 1. The Balaban J connectivity index is 1.33. The van der Waals surface area contributed by atoms with Crippen LogP contribution in [0.1, 0.15) is 139 Å². The van der Waals surface area contributed by atoms with Crippen LogP contribution >= 0.6 is 11.6 Å². The van der Waals surface area contributed by atoms with Gasteiger partial charge in [0.1, 0.15) is 12.2 Å². The highest BCUT2D eigenvalue weighted by molar-refractivity contribution is 6.30. The van der Waals surface area contributed by atoms with E-state index in [-0.39, 0.29) is 57.8 Å². The first-order valence-corrected chi connectivity index (χ1v) is 23.2. The van der Waals surface area contributed by atoms with Gasteiger partial charge in [0.2, 0.25) is 0 Å². The van der Waals surface area contributed by atoms with Crippen LogP contribution in [0, 0.1) is 56.2 Å². The highest BCUT2D eigenvalue weighted by atomic mass is 35.5. The molecule has 3 unspecified atom stereocenters. The van der Waals surface area contributed by atoms with Crippen molar-refractivity contribution in [2.45, 2.75) is 152 Å². The molecule has 5 aliphatic rings. The minimum absolute atomic E-state index is 0.00240. The van der Waals surface area contributed by atoms with Gasteiger partial charge < -0.3 is 19.5 Å². The van der Waals surface area contributed by atoms with Gasteiger partial charge in [0.15, 0.2) is 5.78 Å². The van der Waals surface area contributed by atoms with Gasteiger partial charge >= 0.3 is 17.9 Å². The number of carboxylic acid groups (broad SMARTS) is 1. The number of ketones is 1. The average molecular weight is 852 g/mol. The smallest absolute Gasteiger partial charge is 0.309 e. The molecule has 0 aliphatic heterocycles. The first-order chi connectivity index (χ1) is 27.8. The highest BCUT2D eigenvalue weighted by Crippen LogP contribution is 2.77. The second-order valence-electron chi connectivity index (χ2n) is 22.3. The summed E-state index contributed by atoms with van der Waals surface area (Å²) in [5.41, 5.74) is 1.36. The number of benzene rings is 1. The number of fused-ring (bicyclic) bond motifs is 7. The molecule has 9 atom stereocenters. The summed E-state index contributed by atoms with van der Waals surface area (Å²) >= 11 is 6.28. The van der Waals surface area contributed by atoms with E-state index >= 15 is 0 Å². The Hall–Kier alpha value is -2.75. The van der Waals surface area contributed by atoms with E-state index in [1.807, 2.05) is 12.1 Å². The summed E-state index contributed by atoms with van der Waals surface area (Å²) in [6, 6.07) is 7.98. The topological polar surface area (TPSA) is 113 Å². The number of carbonyl (C=O) groups is 4. The van der Waals surface area contributed by atoms with Gasteiger partial charge in [-0.25, -0.2) is 0 Å². The Morgan fingerprint density at radius 1 is 0.900 bits per heavy atom. The minimum atomic E-state index is -1.18. The van der Waals surface area contributed by atoms with Crippen LogP contribution in [0.3, 0.4) is 0 Å². The van der Waals surface area contributed by atoms with E-state index in [1.165, 1.54) is 12.5 Å². The summed E-state index contributed by atoms with van der Waals surface area (Å²) in [6.07, 6.45) is 7.11. The van der Waals surface area contributed by atoms with Crippen molar-refractivity contribution in [3.63, 3.8) is 0 Å². The van der Waals surface area contributed by atoms with Crippen LogP contribution in [0.2, 0.25) is 5.02 Å². The van der Waals surface area contributed by atoms with Crippen molar-refractivity contribution in [3.05, 3.63) is 46.0 Å². The number of likely N-dealkylation sites (N-methyl/N-ethyl adjacent to an activating group) is 1. The van der Waals surface area contributed by atoms with Crippen molar-refractivity contribution in [2.75, 3.05) is 33.7 Å². The second kappa shape index (κ2) is 16.7. The van der Waals surface area contributed by atoms with Gasteiger partial charge in [-0.1, -0.05) is 72.2 Å². The summed E-state index contributed by atoms with van der Waals surface area (Å²) < 4.78 is 12.7. The van der Waals surface area contributed by atoms with Gasteiger partial charge in [0, 0.05) is 55.4 Å². The lowest BCUT2D eigenvalue weighted by Crippen LogP contribution is -2.66. The van der Waals surface area contributed by atoms with Gasteiger partial charge in [-0.3, -0.25) is 24.1 Å². The van der Waals surface area contributed by atoms with E-state index in [9.17, 15) is 24.3 Å². The molecule has 10 heteroatoms. The molecule has 0 bridgehead atoms. The number of ether oxygens (including phenoxy) is 2. The van der Waals surface area contributed by atoms with E-state index in [2.05, 4.69) is 84.5 Å². The van der Waals surface area contributed by atoms with E-state index in [0.29, 0.717) is 36.4 Å². The van der Waals surface area contributed by atoms with Crippen molar-refractivity contribution >= 4 is 35.3 Å². The molecule has 9 nitrogen and oxygen atoms in total. The molecule has 6 rings (SSSR count). The maximum Gasteiger partial charge on any atom is 0.309 e. The molecule has 1 aromatic rings. The average Bonchev–Trinajstić information content (AvgIpc) is 3.45. The SMILES string of the molecule is CC(=O)OC(CN(CCN(C)C)Cc1ccc(Cl)cc1)[C@@]12CC[C@]3(C)[C@H](CCC4[C@@]5(C)CC[C@H](OC(=O)CC(C)(C)C(=O)O)C(C)(C)C5CC[C@]43C)C1=C(C(C)C)C(=O)C2. The fraction of sp³-hybridized carbons (Fsp3) is 0.760. The molecule has 4 fully saturated rings. The third-order valence-corrected chi connectivity index (χ3v) is 17.6. The predicted molar refractivity (Wildman–Crippen MR) is 236 cm³/mol. The number of Topliss-reactive ketones (excluding diaryl/α,β-unsaturated/α-hetero) is 1. The number of halogens is 1. The van der Waals surface area contributed by atoms with Crippen LogP contribution in [0.25, 0.3) is 0 Å². The van der Waals surface area contributed by atoms with E-state index in [1.54, 1.807) is 13.8 Å². The fourth-order valence-corrected chi connectivity index (χ4v) is 14.2. The molecule has 0 radical (unpaired) electrons. The van der Waals surface area contributed by atoms with Crippen LogP contribution in [-0.2, 0) is 35.2 Å². The molecule has 0 heterocycles. The van der Waals surface area contributed by atoms with Crippen molar-refractivity contribution in [2.24, 2.45) is 56.2 Å². The second-order valence-corrected chi connectivity index (χ2v) is 22.8. The van der Waals surface area contributed by atoms with Crippen LogP contribution in [0.15, 0.2) is 35.4 Å². The zero-order valence-corrected chi connectivity index (χ0v) is 39.6. The minimum Gasteiger partial charge on any atom is -0.481 e. The molecule has 334 valence electrons. The molecule has 60 heavy (non-hydrogen) atoms. The molecule has 0 amide bonds.